The van der Waals surface area contributed by atoms with E-state index in [1.165, 1.54) is 6.07 Å². The molecule has 0 unspecified atom stereocenters. The highest BCUT2D eigenvalue weighted by Crippen LogP contribution is 2.18. The van der Waals surface area contributed by atoms with Crippen molar-refractivity contribution in [2.45, 2.75) is 19.9 Å². The summed E-state index contributed by atoms with van der Waals surface area (Å²) in [6.07, 6.45) is 0. The number of urea groups is 1. The van der Waals surface area contributed by atoms with Crippen LogP contribution in [0.2, 0.25) is 0 Å². The van der Waals surface area contributed by atoms with Gasteiger partial charge < -0.3 is 15.4 Å². The van der Waals surface area contributed by atoms with Gasteiger partial charge in [-0.3, -0.25) is 4.79 Å². The molecule has 0 fully saturated rings. The van der Waals surface area contributed by atoms with E-state index in [1.807, 2.05) is 44.2 Å². The Morgan fingerprint density at radius 2 is 1.59 bits per heavy atom. The largest absolute Gasteiger partial charge is 0.454 e. The minimum absolute atomic E-state index is 0.0475. The maximum atomic E-state index is 12.5. The summed E-state index contributed by atoms with van der Waals surface area (Å²) in [7, 11) is 0. The van der Waals surface area contributed by atoms with Gasteiger partial charge in [0, 0.05) is 11.6 Å². The maximum absolute atomic E-state index is 12.5. The van der Waals surface area contributed by atoms with Crippen molar-refractivity contribution in [1.82, 2.24) is 5.32 Å². The second-order valence-corrected chi connectivity index (χ2v) is 6.86. The first kappa shape index (κ1) is 20.1. The van der Waals surface area contributed by atoms with Crippen molar-refractivity contribution in [2.24, 2.45) is 0 Å². The van der Waals surface area contributed by atoms with Gasteiger partial charge >= 0.3 is 12.0 Å². The lowest BCUT2D eigenvalue weighted by Gasteiger charge is -2.13. The van der Waals surface area contributed by atoms with Crippen molar-refractivity contribution in [1.29, 1.82) is 0 Å². The van der Waals surface area contributed by atoms with Crippen LogP contribution in [0.15, 0.2) is 66.7 Å². The van der Waals surface area contributed by atoms with Crippen LogP contribution in [0.25, 0.3) is 10.8 Å². The van der Waals surface area contributed by atoms with Crippen LogP contribution in [-0.2, 0) is 4.74 Å². The number of carbonyl (C=O) groups is 3. The summed E-state index contributed by atoms with van der Waals surface area (Å²) in [5.41, 5.74) is 0.964. The Labute approximate surface area is 168 Å². The van der Waals surface area contributed by atoms with Crippen LogP contribution in [0.4, 0.5) is 10.5 Å². The van der Waals surface area contributed by atoms with Crippen LogP contribution >= 0.6 is 0 Å². The topological polar surface area (TPSA) is 84.5 Å². The lowest BCUT2D eigenvalue weighted by atomic mass is 10.0. The molecule has 0 aromatic heterocycles. The highest BCUT2D eigenvalue weighted by atomic mass is 16.5. The van der Waals surface area contributed by atoms with Gasteiger partial charge in [0.15, 0.2) is 12.4 Å². The molecule has 2 amide bonds. The molecule has 3 rings (SSSR count). The molecule has 0 heterocycles. The number of esters is 1. The summed E-state index contributed by atoms with van der Waals surface area (Å²) in [5.74, 6) is -0.980. The van der Waals surface area contributed by atoms with Gasteiger partial charge in [0.1, 0.15) is 0 Å². The SMILES string of the molecule is CC(C)NC(=O)Nc1ccccc1C(=O)OCC(=O)c1ccc2ccccc2c1. The molecule has 0 spiro atoms. The summed E-state index contributed by atoms with van der Waals surface area (Å²) in [5, 5.41) is 7.28. The molecule has 6 nitrogen and oxygen atoms in total. The summed E-state index contributed by atoms with van der Waals surface area (Å²) < 4.78 is 5.20. The Bertz CT molecular complexity index is 1060. The average molecular weight is 390 g/mol. The van der Waals surface area contributed by atoms with Gasteiger partial charge in [-0.2, -0.15) is 0 Å². The standard InChI is InChI=1S/C23H22N2O4/c1-15(2)24-23(28)25-20-10-6-5-9-19(20)22(27)29-14-21(26)18-12-11-16-7-3-4-8-17(16)13-18/h3-13,15H,14H2,1-2H3,(H2,24,25,28). The molecule has 0 saturated carbocycles. The maximum Gasteiger partial charge on any atom is 0.340 e. The molecule has 0 aliphatic carbocycles. The van der Waals surface area contributed by atoms with Gasteiger partial charge in [0.05, 0.1) is 11.3 Å². The fourth-order valence-corrected chi connectivity index (χ4v) is 2.85. The number of amides is 2. The van der Waals surface area contributed by atoms with E-state index in [-0.39, 0.29) is 24.0 Å². The number of Topliss-reactive ketones (excluding diaryl/α,β-unsaturated/α-hetero) is 1. The predicted octanol–water partition coefficient (Wildman–Crippen LogP) is 4.41. The van der Waals surface area contributed by atoms with E-state index in [9.17, 15) is 14.4 Å². The first-order chi connectivity index (χ1) is 13.9. The van der Waals surface area contributed by atoms with Crippen LogP contribution in [0.5, 0.6) is 0 Å². The molecular formula is C23H22N2O4. The molecule has 6 heteroatoms. The highest BCUT2D eigenvalue weighted by Gasteiger charge is 2.17. The third-order valence-electron chi connectivity index (χ3n) is 4.22. The van der Waals surface area contributed by atoms with Gasteiger partial charge in [-0.1, -0.05) is 48.5 Å². The summed E-state index contributed by atoms with van der Waals surface area (Å²) in [4.78, 5) is 36.8. The first-order valence-corrected chi connectivity index (χ1v) is 9.29. The van der Waals surface area contributed by atoms with E-state index in [1.54, 1.807) is 30.3 Å². The van der Waals surface area contributed by atoms with Crippen LogP contribution < -0.4 is 10.6 Å². The minimum Gasteiger partial charge on any atom is -0.454 e. The van der Waals surface area contributed by atoms with E-state index in [4.69, 9.17) is 4.74 Å². The number of ether oxygens (including phenoxy) is 1. The lowest BCUT2D eigenvalue weighted by molar-refractivity contribution is 0.0476. The molecule has 148 valence electrons. The molecular weight excluding hydrogens is 368 g/mol. The number of fused-ring (bicyclic) bond motifs is 1. The van der Waals surface area contributed by atoms with Crippen LogP contribution in [-0.4, -0.2) is 30.4 Å². The molecule has 0 bridgehead atoms. The van der Waals surface area contributed by atoms with Crippen molar-refractivity contribution in [2.75, 3.05) is 11.9 Å². The lowest BCUT2D eigenvalue weighted by Crippen LogP contribution is -2.34. The Kier molecular flexibility index (Phi) is 6.24. The first-order valence-electron chi connectivity index (χ1n) is 9.29. The molecule has 2 N–H and O–H groups in total. The summed E-state index contributed by atoms with van der Waals surface area (Å²) >= 11 is 0. The summed E-state index contributed by atoms with van der Waals surface area (Å²) in [6, 6.07) is 19.1. The molecule has 3 aromatic rings. The minimum atomic E-state index is -0.681. The molecule has 0 aliphatic rings. The molecule has 29 heavy (non-hydrogen) atoms. The van der Waals surface area contributed by atoms with Crippen LogP contribution in [0, 0.1) is 0 Å². The molecule has 0 atom stereocenters. The number of anilines is 1. The van der Waals surface area contributed by atoms with Crippen molar-refractivity contribution >= 4 is 34.2 Å². The number of benzene rings is 3. The Morgan fingerprint density at radius 1 is 0.897 bits per heavy atom. The second kappa shape index (κ2) is 9.01. The molecule has 0 radical (unpaired) electrons. The number of nitrogens with one attached hydrogen (secondary N) is 2. The molecule has 0 saturated heterocycles. The zero-order valence-electron chi connectivity index (χ0n) is 16.3. The third kappa shape index (κ3) is 5.19. The Morgan fingerprint density at radius 3 is 2.34 bits per heavy atom. The van der Waals surface area contributed by atoms with E-state index >= 15 is 0 Å². The van der Waals surface area contributed by atoms with Crippen molar-refractivity contribution in [3.8, 4) is 0 Å². The predicted molar refractivity (Wildman–Crippen MR) is 112 cm³/mol. The quantitative estimate of drug-likeness (QED) is 0.482. The normalized spacial score (nSPS) is 10.6. The second-order valence-electron chi connectivity index (χ2n) is 6.86. The number of carbonyl (C=O) groups excluding carboxylic acids is 3. The van der Waals surface area contributed by atoms with Crippen molar-refractivity contribution < 1.29 is 19.1 Å². The molecule has 0 aliphatic heterocycles. The van der Waals surface area contributed by atoms with E-state index in [0.29, 0.717) is 11.3 Å². The van der Waals surface area contributed by atoms with Gasteiger partial charge in [-0.15, -0.1) is 0 Å². The zero-order chi connectivity index (χ0) is 20.8. The number of hydrogen-bond donors (Lipinski definition) is 2. The van der Waals surface area contributed by atoms with E-state index in [2.05, 4.69) is 10.6 Å². The van der Waals surface area contributed by atoms with Crippen LogP contribution in [0.3, 0.4) is 0 Å². The van der Waals surface area contributed by atoms with Gasteiger partial charge in [-0.25, -0.2) is 9.59 Å². The third-order valence-corrected chi connectivity index (χ3v) is 4.22. The van der Waals surface area contributed by atoms with Crippen molar-refractivity contribution in [3.63, 3.8) is 0 Å². The van der Waals surface area contributed by atoms with Crippen molar-refractivity contribution in [3.05, 3.63) is 77.9 Å². The monoisotopic (exact) mass is 390 g/mol. The number of hydrogen-bond acceptors (Lipinski definition) is 4. The van der Waals surface area contributed by atoms with E-state index in [0.717, 1.165) is 10.8 Å². The Balaban J connectivity index is 1.67. The molecule has 3 aromatic carbocycles. The number of para-hydroxylation sites is 1. The van der Waals surface area contributed by atoms with Gasteiger partial charge in [0.25, 0.3) is 0 Å². The fourth-order valence-electron chi connectivity index (χ4n) is 2.85. The summed E-state index contributed by atoms with van der Waals surface area (Å²) in [6.45, 7) is 3.28. The van der Waals surface area contributed by atoms with Crippen LogP contribution in [0.1, 0.15) is 34.6 Å². The Hall–Kier alpha value is -3.67. The average Bonchev–Trinajstić information content (AvgIpc) is 2.71. The zero-order valence-corrected chi connectivity index (χ0v) is 16.3. The fraction of sp³-hybridized carbons (Fsp3) is 0.174. The van der Waals surface area contributed by atoms with Gasteiger partial charge in [0.2, 0.25) is 0 Å². The number of ketones is 1. The van der Waals surface area contributed by atoms with Gasteiger partial charge in [-0.05, 0) is 42.8 Å². The van der Waals surface area contributed by atoms with E-state index < -0.39 is 12.0 Å². The number of rotatable bonds is 6. The highest BCUT2D eigenvalue weighted by molar-refractivity contribution is 6.04. The smallest absolute Gasteiger partial charge is 0.340 e.